The molecule has 0 unspecified atom stereocenters. The number of nitrogen functional groups attached to an aromatic ring is 1. The van der Waals surface area contributed by atoms with Gasteiger partial charge in [0.25, 0.3) is 0 Å². The molecule has 0 fully saturated rings. The molecule has 0 aliphatic carbocycles. The summed E-state index contributed by atoms with van der Waals surface area (Å²) in [5.41, 5.74) is 9.58. The predicted molar refractivity (Wildman–Crippen MR) is 83.4 cm³/mol. The molecule has 2 aromatic carbocycles. The minimum absolute atomic E-state index is 0.299. The number of anilines is 2. The average molecular weight is 303 g/mol. The molecule has 0 spiro atoms. The Hall–Kier alpha value is -2.05. The van der Waals surface area contributed by atoms with Crippen LogP contribution in [-0.2, 0) is 23.1 Å². The topological polar surface area (TPSA) is 75.4 Å². The molecule has 3 rings (SSSR count). The smallest absolute Gasteiger partial charge is 0.242 e. The Morgan fingerprint density at radius 1 is 1.10 bits per heavy atom. The van der Waals surface area contributed by atoms with E-state index in [1.807, 2.05) is 35.2 Å². The van der Waals surface area contributed by atoms with Crippen LogP contribution in [0.25, 0.3) is 0 Å². The lowest BCUT2D eigenvalue weighted by Gasteiger charge is -2.21. The highest BCUT2D eigenvalue weighted by molar-refractivity contribution is 7.89. The summed E-state index contributed by atoms with van der Waals surface area (Å²) in [4.78, 5) is 2.35. The van der Waals surface area contributed by atoms with Crippen molar-refractivity contribution < 1.29 is 8.42 Å². The normalized spacial score (nSPS) is 14.2. The second kappa shape index (κ2) is 5.05. The number of fused-ring (bicyclic) bond motifs is 1. The van der Waals surface area contributed by atoms with E-state index in [0.29, 0.717) is 23.7 Å². The van der Waals surface area contributed by atoms with Crippen molar-refractivity contribution >= 4 is 21.4 Å². The maximum absolute atomic E-state index is 12.1. The van der Waals surface area contributed by atoms with E-state index in [2.05, 4.69) is 4.72 Å². The first-order chi connectivity index (χ1) is 10.0. The number of nitrogens with one attached hydrogen (secondary N) is 1. The number of sulfonamides is 1. The fraction of sp³-hybridized carbons (Fsp3) is 0.200. The van der Waals surface area contributed by atoms with Crippen molar-refractivity contribution in [3.8, 4) is 0 Å². The Morgan fingerprint density at radius 2 is 1.81 bits per heavy atom. The first-order valence-electron chi connectivity index (χ1n) is 6.66. The predicted octanol–water partition coefficient (Wildman–Crippen LogP) is 1.70. The monoisotopic (exact) mass is 303 g/mol. The SMILES string of the molecule is CNS(=O)(=O)c1ccccc1N1Cc2ccc(N)cc2C1. The van der Waals surface area contributed by atoms with Crippen LogP contribution in [0.4, 0.5) is 11.4 Å². The summed E-state index contributed by atoms with van der Waals surface area (Å²) < 4.78 is 26.7. The van der Waals surface area contributed by atoms with Crippen LogP contribution in [0.5, 0.6) is 0 Å². The number of hydrogen-bond donors (Lipinski definition) is 2. The summed E-state index contributed by atoms with van der Waals surface area (Å²) in [5, 5.41) is 0. The summed E-state index contributed by atoms with van der Waals surface area (Å²) in [5.74, 6) is 0. The second-order valence-electron chi connectivity index (χ2n) is 5.06. The third-order valence-corrected chi connectivity index (χ3v) is 5.18. The molecule has 0 aromatic heterocycles. The van der Waals surface area contributed by atoms with Crippen molar-refractivity contribution in [1.29, 1.82) is 0 Å². The fourth-order valence-electron chi connectivity index (χ4n) is 2.64. The molecule has 5 nitrogen and oxygen atoms in total. The van der Waals surface area contributed by atoms with Gasteiger partial charge in [0.1, 0.15) is 4.90 Å². The molecule has 0 saturated heterocycles. The molecule has 0 amide bonds. The highest BCUT2D eigenvalue weighted by Crippen LogP contribution is 2.33. The lowest BCUT2D eigenvalue weighted by Crippen LogP contribution is -2.23. The second-order valence-corrected chi connectivity index (χ2v) is 6.91. The van der Waals surface area contributed by atoms with Gasteiger partial charge in [-0.2, -0.15) is 0 Å². The summed E-state index contributed by atoms with van der Waals surface area (Å²) in [6.45, 7) is 1.35. The lowest BCUT2D eigenvalue weighted by atomic mass is 10.1. The molecular weight excluding hydrogens is 286 g/mol. The highest BCUT2D eigenvalue weighted by Gasteiger charge is 2.25. The number of rotatable bonds is 3. The number of hydrogen-bond acceptors (Lipinski definition) is 4. The first-order valence-corrected chi connectivity index (χ1v) is 8.14. The van der Waals surface area contributed by atoms with Crippen molar-refractivity contribution in [2.45, 2.75) is 18.0 Å². The number of nitrogens with zero attached hydrogens (tertiary/aromatic N) is 1. The van der Waals surface area contributed by atoms with Crippen molar-refractivity contribution in [3.05, 3.63) is 53.6 Å². The van der Waals surface area contributed by atoms with Crippen LogP contribution < -0.4 is 15.4 Å². The van der Waals surface area contributed by atoms with Crippen LogP contribution in [0.3, 0.4) is 0 Å². The molecule has 21 heavy (non-hydrogen) atoms. The van der Waals surface area contributed by atoms with E-state index < -0.39 is 10.0 Å². The van der Waals surface area contributed by atoms with E-state index in [-0.39, 0.29) is 0 Å². The van der Waals surface area contributed by atoms with Crippen LogP contribution in [0.15, 0.2) is 47.4 Å². The van der Waals surface area contributed by atoms with Crippen molar-refractivity contribution in [1.82, 2.24) is 4.72 Å². The fourth-order valence-corrected chi connectivity index (χ4v) is 3.59. The van der Waals surface area contributed by atoms with E-state index in [0.717, 1.165) is 11.3 Å². The summed E-state index contributed by atoms with van der Waals surface area (Å²) >= 11 is 0. The van der Waals surface area contributed by atoms with E-state index in [9.17, 15) is 8.42 Å². The lowest BCUT2D eigenvalue weighted by molar-refractivity contribution is 0.588. The van der Waals surface area contributed by atoms with Gasteiger partial charge < -0.3 is 10.6 Å². The van der Waals surface area contributed by atoms with Gasteiger partial charge in [0.2, 0.25) is 10.0 Å². The summed E-state index contributed by atoms with van der Waals surface area (Å²) in [6.07, 6.45) is 0. The standard InChI is InChI=1S/C15H17N3O2S/c1-17-21(19,20)15-5-3-2-4-14(15)18-9-11-6-7-13(16)8-12(11)10-18/h2-8,17H,9-10,16H2,1H3. The Balaban J connectivity index is 2.01. The molecule has 0 radical (unpaired) electrons. The Labute approximate surface area is 124 Å². The molecule has 6 heteroatoms. The van der Waals surface area contributed by atoms with Crippen molar-refractivity contribution in [2.24, 2.45) is 0 Å². The van der Waals surface area contributed by atoms with Gasteiger partial charge in [-0.05, 0) is 42.4 Å². The molecule has 0 atom stereocenters. The number of para-hydroxylation sites is 1. The van der Waals surface area contributed by atoms with E-state index >= 15 is 0 Å². The zero-order valence-corrected chi connectivity index (χ0v) is 12.5. The van der Waals surface area contributed by atoms with Crippen LogP contribution in [0.1, 0.15) is 11.1 Å². The molecule has 3 N–H and O–H groups in total. The third kappa shape index (κ3) is 2.48. The Bertz CT molecular complexity index is 787. The van der Waals surface area contributed by atoms with Gasteiger partial charge in [-0.25, -0.2) is 13.1 Å². The largest absolute Gasteiger partial charge is 0.399 e. The van der Waals surface area contributed by atoms with Crippen LogP contribution >= 0.6 is 0 Å². The van der Waals surface area contributed by atoms with Gasteiger partial charge in [-0.1, -0.05) is 18.2 Å². The van der Waals surface area contributed by atoms with Gasteiger partial charge in [0, 0.05) is 18.8 Å². The molecular formula is C15H17N3O2S. The van der Waals surface area contributed by atoms with Gasteiger partial charge in [-0.3, -0.25) is 0 Å². The molecule has 0 saturated carbocycles. The maximum atomic E-state index is 12.1. The van der Waals surface area contributed by atoms with Crippen LogP contribution in [0, 0.1) is 0 Å². The first kappa shape index (κ1) is 13.9. The minimum atomic E-state index is -3.48. The Morgan fingerprint density at radius 3 is 2.57 bits per heavy atom. The molecule has 1 heterocycles. The molecule has 2 aromatic rings. The molecule has 1 aliphatic rings. The molecule has 110 valence electrons. The summed E-state index contributed by atoms with van der Waals surface area (Å²) in [6, 6.07) is 12.9. The Kier molecular flexibility index (Phi) is 3.35. The maximum Gasteiger partial charge on any atom is 0.242 e. The van der Waals surface area contributed by atoms with Crippen LogP contribution in [-0.4, -0.2) is 15.5 Å². The van der Waals surface area contributed by atoms with Crippen molar-refractivity contribution in [2.75, 3.05) is 17.7 Å². The third-order valence-electron chi connectivity index (χ3n) is 3.72. The number of nitrogens with two attached hydrogens (primary N) is 1. The van der Waals surface area contributed by atoms with E-state index in [4.69, 9.17) is 5.73 Å². The van der Waals surface area contributed by atoms with E-state index in [1.165, 1.54) is 12.6 Å². The van der Waals surface area contributed by atoms with Crippen LogP contribution in [0.2, 0.25) is 0 Å². The quantitative estimate of drug-likeness (QED) is 0.846. The zero-order valence-electron chi connectivity index (χ0n) is 11.7. The van der Waals surface area contributed by atoms with Gasteiger partial charge in [0.05, 0.1) is 5.69 Å². The van der Waals surface area contributed by atoms with Gasteiger partial charge in [-0.15, -0.1) is 0 Å². The van der Waals surface area contributed by atoms with Gasteiger partial charge in [0.15, 0.2) is 0 Å². The van der Waals surface area contributed by atoms with Crippen molar-refractivity contribution in [3.63, 3.8) is 0 Å². The highest BCUT2D eigenvalue weighted by atomic mass is 32.2. The molecule has 1 aliphatic heterocycles. The number of benzene rings is 2. The minimum Gasteiger partial charge on any atom is -0.399 e. The molecule has 0 bridgehead atoms. The average Bonchev–Trinajstić information content (AvgIpc) is 2.90. The van der Waals surface area contributed by atoms with Gasteiger partial charge >= 0.3 is 0 Å². The summed E-state index contributed by atoms with van der Waals surface area (Å²) in [7, 11) is -2.06. The van der Waals surface area contributed by atoms with E-state index in [1.54, 1.807) is 12.1 Å². The zero-order chi connectivity index (χ0) is 15.0.